The Kier molecular flexibility index (Phi) is 13.7. The van der Waals surface area contributed by atoms with E-state index >= 15 is 0 Å². The second kappa shape index (κ2) is 17.9. The molecule has 0 bridgehead atoms. The molecule has 2 aliphatic rings. The van der Waals surface area contributed by atoms with Gasteiger partial charge in [-0.05, 0) is 17.5 Å². The van der Waals surface area contributed by atoms with Crippen LogP contribution in [0.25, 0.3) is 0 Å². The van der Waals surface area contributed by atoms with E-state index in [-0.39, 0.29) is 32.6 Å². The Hall–Kier alpha value is -4.36. The Balaban J connectivity index is 1.42. The van der Waals surface area contributed by atoms with E-state index < -0.39 is 91.5 Å². The number of amides is 3. The Bertz CT molecular complexity index is 1390. The summed E-state index contributed by atoms with van der Waals surface area (Å²) in [7, 11) is 0. The first kappa shape index (κ1) is 37.5. The Morgan fingerprint density at radius 2 is 1.35 bits per heavy atom. The summed E-state index contributed by atoms with van der Waals surface area (Å²) in [6.07, 6.45) is -13.8. The van der Waals surface area contributed by atoms with E-state index in [1.165, 1.54) is 0 Å². The van der Waals surface area contributed by atoms with Crippen molar-refractivity contribution in [3.05, 3.63) is 71.8 Å². The summed E-state index contributed by atoms with van der Waals surface area (Å²) in [5.74, 6) is -1.85. The molecule has 2 fully saturated rings. The minimum absolute atomic E-state index is 0.0353. The summed E-state index contributed by atoms with van der Waals surface area (Å²) in [4.78, 5) is 48.1. The van der Waals surface area contributed by atoms with Crippen molar-refractivity contribution in [3.8, 4) is 0 Å². The van der Waals surface area contributed by atoms with Gasteiger partial charge in [0.05, 0.1) is 12.5 Å². The lowest BCUT2D eigenvalue weighted by Crippen LogP contribution is -2.69. The van der Waals surface area contributed by atoms with Crippen molar-refractivity contribution in [2.24, 2.45) is 5.73 Å². The van der Waals surface area contributed by atoms with Crippen molar-refractivity contribution in [2.75, 3.05) is 6.54 Å². The normalized spacial score (nSPS) is 29.7. The number of alkyl carbamates (subject to hydrolysis) is 2. The van der Waals surface area contributed by atoms with E-state index in [0.717, 1.165) is 5.56 Å². The minimum atomic E-state index is -1.76. The highest BCUT2D eigenvalue weighted by molar-refractivity contribution is 5.80. The fourth-order valence-corrected chi connectivity index (χ4v) is 5.44. The molecule has 10 atom stereocenters. The fourth-order valence-electron chi connectivity index (χ4n) is 5.44. The van der Waals surface area contributed by atoms with Gasteiger partial charge < -0.3 is 66.2 Å². The smallest absolute Gasteiger partial charge is 0.407 e. The second-order valence-electron chi connectivity index (χ2n) is 11.7. The van der Waals surface area contributed by atoms with E-state index in [1.807, 2.05) is 6.07 Å². The molecule has 1 heterocycles. The standard InChI is InChI=1S/C32H42N4O13/c33-19-13-20(35-31(44)46-15-17-7-3-1-4-8-17)25(40)28(43)29(19)49-30-24(36-32(45)47-16-18-9-5-2-6-10-18)27(42)26(41)21(48-30)14-34-22(37)11-12-23(38)39/h1-10,19-21,24-30,40-43H,11-16,33H2,(H,34,37)(H,35,44)(H,36,45)(H,38,39)/t19-,20+,21+,24+,25-,26+,27+,28+,29+,30+/m0/s1. The molecule has 2 aromatic rings. The van der Waals surface area contributed by atoms with Crippen LogP contribution in [0.15, 0.2) is 60.7 Å². The maximum atomic E-state index is 12.8. The highest BCUT2D eigenvalue weighted by atomic mass is 16.7. The zero-order valence-electron chi connectivity index (χ0n) is 26.4. The van der Waals surface area contributed by atoms with Gasteiger partial charge in [-0.3, -0.25) is 9.59 Å². The molecule has 0 radical (unpaired) electrons. The van der Waals surface area contributed by atoms with Crippen LogP contribution in [0.5, 0.6) is 0 Å². The number of carboxylic acid groups (broad SMARTS) is 1. The molecule has 0 spiro atoms. The number of ether oxygens (including phenoxy) is 4. The third kappa shape index (κ3) is 10.8. The SMILES string of the molecule is N[C@H]1C[C@@H](NC(=O)OCc2ccccc2)[C@H](O)[C@@H](O)[C@@H]1O[C@H]1O[C@H](CNC(=O)CCC(=O)O)[C@@H](O)[C@H](O)[C@H]1NC(=O)OCc1ccccc1. The van der Waals surface area contributed by atoms with Gasteiger partial charge >= 0.3 is 18.2 Å². The number of aliphatic carboxylic acids is 1. The molecule has 17 heteroatoms. The van der Waals surface area contributed by atoms with Crippen LogP contribution < -0.4 is 21.7 Å². The number of nitrogens with one attached hydrogen (secondary N) is 3. The summed E-state index contributed by atoms with van der Waals surface area (Å²) in [6.45, 7) is -0.553. The largest absolute Gasteiger partial charge is 0.481 e. The molecule has 268 valence electrons. The van der Waals surface area contributed by atoms with Gasteiger partial charge in [0.1, 0.15) is 55.9 Å². The predicted molar refractivity (Wildman–Crippen MR) is 167 cm³/mol. The van der Waals surface area contributed by atoms with Crippen LogP contribution in [0.4, 0.5) is 9.59 Å². The van der Waals surface area contributed by atoms with E-state index in [1.54, 1.807) is 54.6 Å². The van der Waals surface area contributed by atoms with Crippen LogP contribution in [-0.4, -0.2) is 117 Å². The summed E-state index contributed by atoms with van der Waals surface area (Å²) in [5.41, 5.74) is 7.72. The quantitative estimate of drug-likeness (QED) is 0.120. The molecule has 1 saturated carbocycles. The lowest BCUT2D eigenvalue weighted by Gasteiger charge is -2.47. The highest BCUT2D eigenvalue weighted by Crippen LogP contribution is 2.29. The second-order valence-corrected chi connectivity index (χ2v) is 11.7. The first-order valence-electron chi connectivity index (χ1n) is 15.6. The molecule has 4 rings (SSSR count). The number of nitrogens with two attached hydrogens (primary N) is 1. The Morgan fingerprint density at radius 3 is 1.92 bits per heavy atom. The van der Waals surface area contributed by atoms with Gasteiger partial charge in [-0.25, -0.2) is 9.59 Å². The van der Waals surface area contributed by atoms with E-state index in [4.69, 9.17) is 29.8 Å². The molecule has 2 aromatic carbocycles. The number of carbonyl (C=O) groups is 4. The predicted octanol–water partition coefficient (Wildman–Crippen LogP) is -1.16. The molecule has 1 saturated heterocycles. The molecule has 0 aromatic heterocycles. The first-order valence-corrected chi connectivity index (χ1v) is 15.6. The molecular weight excluding hydrogens is 648 g/mol. The third-order valence-corrected chi connectivity index (χ3v) is 8.12. The zero-order valence-corrected chi connectivity index (χ0v) is 26.4. The average Bonchev–Trinajstić information content (AvgIpc) is 3.09. The van der Waals surface area contributed by atoms with Gasteiger partial charge in [0.2, 0.25) is 5.91 Å². The number of carbonyl (C=O) groups excluding carboxylic acids is 3. The van der Waals surface area contributed by atoms with Crippen LogP contribution in [-0.2, 0) is 41.8 Å². The lowest BCUT2D eigenvalue weighted by molar-refractivity contribution is -0.292. The maximum Gasteiger partial charge on any atom is 0.407 e. The maximum absolute atomic E-state index is 12.8. The summed E-state index contributed by atoms with van der Waals surface area (Å²) in [6, 6.07) is 14.0. The number of hydrogen-bond acceptors (Lipinski definition) is 13. The highest BCUT2D eigenvalue weighted by Gasteiger charge is 2.50. The molecule has 1 aliphatic carbocycles. The van der Waals surface area contributed by atoms with Crippen LogP contribution in [0.1, 0.15) is 30.4 Å². The van der Waals surface area contributed by atoms with Gasteiger partial charge in [0.15, 0.2) is 6.29 Å². The van der Waals surface area contributed by atoms with Crippen molar-refractivity contribution >= 4 is 24.1 Å². The van der Waals surface area contributed by atoms with Crippen LogP contribution >= 0.6 is 0 Å². The van der Waals surface area contributed by atoms with Gasteiger partial charge in [-0.15, -0.1) is 0 Å². The van der Waals surface area contributed by atoms with E-state index in [0.29, 0.717) is 5.56 Å². The van der Waals surface area contributed by atoms with Gasteiger partial charge in [0, 0.05) is 19.0 Å². The van der Waals surface area contributed by atoms with Crippen LogP contribution in [0.2, 0.25) is 0 Å². The summed E-state index contributed by atoms with van der Waals surface area (Å²) in [5, 5.41) is 60.0. The van der Waals surface area contributed by atoms with Gasteiger partial charge in [0.25, 0.3) is 0 Å². The van der Waals surface area contributed by atoms with Crippen LogP contribution in [0.3, 0.4) is 0 Å². The molecule has 0 unspecified atom stereocenters. The summed E-state index contributed by atoms with van der Waals surface area (Å²) >= 11 is 0. The lowest BCUT2D eigenvalue weighted by atomic mass is 9.84. The fraction of sp³-hybridized carbons (Fsp3) is 0.500. The third-order valence-electron chi connectivity index (χ3n) is 8.12. The van der Waals surface area contributed by atoms with Gasteiger partial charge in [-0.2, -0.15) is 0 Å². The van der Waals surface area contributed by atoms with Crippen LogP contribution in [0, 0.1) is 0 Å². The van der Waals surface area contributed by atoms with Crippen molar-refractivity contribution in [1.29, 1.82) is 0 Å². The van der Waals surface area contributed by atoms with Crippen molar-refractivity contribution < 1.29 is 63.7 Å². The van der Waals surface area contributed by atoms with E-state index in [9.17, 15) is 39.6 Å². The molecule has 17 nitrogen and oxygen atoms in total. The number of aliphatic hydroxyl groups excluding tert-OH is 4. The van der Waals surface area contributed by atoms with Crippen molar-refractivity contribution in [3.63, 3.8) is 0 Å². The number of hydrogen-bond donors (Lipinski definition) is 9. The van der Waals surface area contributed by atoms with Gasteiger partial charge in [-0.1, -0.05) is 60.7 Å². The van der Waals surface area contributed by atoms with Crippen molar-refractivity contribution in [1.82, 2.24) is 16.0 Å². The molecular formula is C32H42N4O13. The Morgan fingerprint density at radius 1 is 0.776 bits per heavy atom. The molecule has 1 aliphatic heterocycles. The molecule has 49 heavy (non-hydrogen) atoms. The topological polar surface area (TPSA) is 268 Å². The first-order chi connectivity index (χ1) is 23.4. The summed E-state index contributed by atoms with van der Waals surface area (Å²) < 4.78 is 22.3. The van der Waals surface area contributed by atoms with E-state index in [2.05, 4.69) is 16.0 Å². The molecule has 10 N–H and O–H groups in total. The number of benzene rings is 2. The number of aliphatic hydroxyl groups is 4. The molecule has 3 amide bonds. The average molecular weight is 691 g/mol. The number of carboxylic acids is 1. The minimum Gasteiger partial charge on any atom is -0.481 e. The zero-order chi connectivity index (χ0) is 35.5. The monoisotopic (exact) mass is 690 g/mol. The Labute approximate surface area is 281 Å². The number of rotatable bonds is 13. The van der Waals surface area contributed by atoms with Crippen molar-refractivity contribution in [2.45, 2.75) is 93.5 Å².